The molecule has 1 aliphatic rings. The molecule has 3 atom stereocenters. The summed E-state index contributed by atoms with van der Waals surface area (Å²) in [5.74, 6) is 0. The molecular formula is C18H18O3. The van der Waals surface area contributed by atoms with E-state index in [1.54, 1.807) is 0 Å². The maximum absolute atomic E-state index is 10.6. The van der Waals surface area contributed by atoms with Crippen molar-refractivity contribution in [2.75, 3.05) is 0 Å². The zero-order valence-corrected chi connectivity index (χ0v) is 12.0. The van der Waals surface area contributed by atoms with E-state index < -0.39 is 6.10 Å². The Bertz CT molecular complexity index is 789. The molecule has 0 aliphatic carbocycles. The van der Waals surface area contributed by atoms with Gasteiger partial charge in [-0.15, -0.1) is 0 Å². The number of aliphatic hydroxyl groups is 1. The number of benzene rings is 2. The van der Waals surface area contributed by atoms with Gasteiger partial charge in [0.1, 0.15) is 17.3 Å². The molecule has 3 unspecified atom stereocenters. The summed E-state index contributed by atoms with van der Waals surface area (Å²) in [5.41, 5.74) is 2.63. The molecule has 4 rings (SSSR count). The Balaban J connectivity index is 1.77. The Morgan fingerprint density at radius 1 is 1.05 bits per heavy atom. The fourth-order valence-electron chi connectivity index (χ4n) is 3.21. The van der Waals surface area contributed by atoms with Crippen molar-refractivity contribution in [3.63, 3.8) is 0 Å². The van der Waals surface area contributed by atoms with Crippen LogP contribution in [-0.4, -0.2) is 17.3 Å². The monoisotopic (exact) mass is 282 g/mol. The van der Waals surface area contributed by atoms with E-state index >= 15 is 0 Å². The quantitative estimate of drug-likeness (QED) is 0.766. The third-order valence-electron chi connectivity index (χ3n) is 4.36. The van der Waals surface area contributed by atoms with Gasteiger partial charge < -0.3 is 14.3 Å². The van der Waals surface area contributed by atoms with Gasteiger partial charge in [-0.2, -0.15) is 0 Å². The van der Waals surface area contributed by atoms with Gasteiger partial charge in [0.2, 0.25) is 0 Å². The number of ether oxygens (including phenoxy) is 1. The van der Waals surface area contributed by atoms with Crippen molar-refractivity contribution in [1.29, 1.82) is 0 Å². The molecule has 3 heteroatoms. The lowest BCUT2D eigenvalue weighted by molar-refractivity contribution is -0.0297. The average molecular weight is 282 g/mol. The summed E-state index contributed by atoms with van der Waals surface area (Å²) in [5, 5.41) is 12.7. The number of hydrogen-bond acceptors (Lipinski definition) is 3. The molecule has 108 valence electrons. The highest BCUT2D eigenvalue weighted by atomic mass is 16.5. The minimum atomic E-state index is -0.576. The minimum Gasteiger partial charge on any atom is -0.456 e. The van der Waals surface area contributed by atoms with Crippen LogP contribution >= 0.6 is 0 Å². The van der Waals surface area contributed by atoms with Crippen molar-refractivity contribution < 1.29 is 14.3 Å². The van der Waals surface area contributed by atoms with Crippen LogP contribution in [0.3, 0.4) is 0 Å². The van der Waals surface area contributed by atoms with Crippen molar-refractivity contribution in [2.45, 2.75) is 38.1 Å². The van der Waals surface area contributed by atoms with Crippen LogP contribution in [0.1, 0.15) is 31.4 Å². The van der Waals surface area contributed by atoms with E-state index in [0.717, 1.165) is 40.3 Å². The molecule has 0 amide bonds. The normalized spacial score (nSPS) is 23.9. The predicted molar refractivity (Wildman–Crippen MR) is 82.2 cm³/mol. The molecule has 1 saturated heterocycles. The second-order valence-corrected chi connectivity index (χ2v) is 5.86. The first-order chi connectivity index (χ1) is 10.2. The van der Waals surface area contributed by atoms with E-state index in [1.165, 1.54) is 0 Å². The standard InChI is InChI=1S/C18H18O3/c1-11-6-8-17(20-11)18(19)12-7-9-16-14(10-12)13-4-2-3-5-15(13)21-16/h2-5,7,9-11,17-19H,6,8H2,1H3. The van der Waals surface area contributed by atoms with Crippen LogP contribution in [-0.2, 0) is 4.74 Å². The van der Waals surface area contributed by atoms with Gasteiger partial charge in [-0.1, -0.05) is 24.3 Å². The van der Waals surface area contributed by atoms with Crippen molar-refractivity contribution in [3.05, 3.63) is 48.0 Å². The van der Waals surface area contributed by atoms with Gasteiger partial charge in [-0.05, 0) is 43.5 Å². The predicted octanol–water partition coefficient (Wildman–Crippen LogP) is 4.19. The van der Waals surface area contributed by atoms with Crippen molar-refractivity contribution in [3.8, 4) is 0 Å². The Kier molecular flexibility index (Phi) is 2.98. The number of aliphatic hydroxyl groups excluding tert-OH is 1. The molecule has 1 aliphatic heterocycles. The zero-order valence-electron chi connectivity index (χ0n) is 12.0. The first kappa shape index (κ1) is 12.9. The molecule has 2 heterocycles. The van der Waals surface area contributed by atoms with Crippen molar-refractivity contribution >= 4 is 21.9 Å². The van der Waals surface area contributed by atoms with E-state index in [-0.39, 0.29) is 12.2 Å². The van der Waals surface area contributed by atoms with Crippen LogP contribution in [0.15, 0.2) is 46.9 Å². The Labute approximate surface area is 123 Å². The topological polar surface area (TPSA) is 42.6 Å². The maximum atomic E-state index is 10.6. The molecule has 21 heavy (non-hydrogen) atoms. The minimum absolute atomic E-state index is 0.101. The van der Waals surface area contributed by atoms with Gasteiger partial charge in [-0.25, -0.2) is 0 Å². The number of rotatable bonds is 2. The molecule has 1 aromatic heterocycles. The van der Waals surface area contributed by atoms with Crippen LogP contribution in [0.4, 0.5) is 0 Å². The van der Waals surface area contributed by atoms with Crippen LogP contribution in [0.2, 0.25) is 0 Å². The maximum Gasteiger partial charge on any atom is 0.135 e. The highest BCUT2D eigenvalue weighted by Gasteiger charge is 2.29. The molecule has 0 saturated carbocycles. The number of para-hydroxylation sites is 1. The van der Waals surface area contributed by atoms with Crippen LogP contribution in [0, 0.1) is 0 Å². The van der Waals surface area contributed by atoms with Gasteiger partial charge in [0.05, 0.1) is 12.2 Å². The van der Waals surface area contributed by atoms with Gasteiger partial charge >= 0.3 is 0 Å². The van der Waals surface area contributed by atoms with Crippen molar-refractivity contribution in [1.82, 2.24) is 0 Å². The summed E-state index contributed by atoms with van der Waals surface area (Å²) in [7, 11) is 0. The van der Waals surface area contributed by atoms with Gasteiger partial charge in [0.25, 0.3) is 0 Å². The highest BCUT2D eigenvalue weighted by molar-refractivity contribution is 6.04. The van der Waals surface area contributed by atoms with Crippen LogP contribution in [0.5, 0.6) is 0 Å². The molecule has 0 radical (unpaired) electrons. The summed E-state index contributed by atoms with van der Waals surface area (Å²) in [6.07, 6.45) is 1.48. The second kappa shape index (κ2) is 4.86. The SMILES string of the molecule is CC1CCC(C(O)c2ccc3oc4ccccc4c3c2)O1. The van der Waals surface area contributed by atoms with Crippen molar-refractivity contribution in [2.24, 2.45) is 0 Å². The Morgan fingerprint density at radius 3 is 2.67 bits per heavy atom. The first-order valence-electron chi connectivity index (χ1n) is 7.47. The average Bonchev–Trinajstić information content (AvgIpc) is 3.09. The van der Waals surface area contributed by atoms with Gasteiger partial charge in [0, 0.05) is 10.8 Å². The molecule has 0 spiro atoms. The third kappa shape index (κ3) is 2.13. The third-order valence-corrected chi connectivity index (χ3v) is 4.36. The van der Waals surface area contributed by atoms with Gasteiger partial charge in [-0.3, -0.25) is 0 Å². The first-order valence-corrected chi connectivity index (χ1v) is 7.47. The Hall–Kier alpha value is -1.84. The summed E-state index contributed by atoms with van der Waals surface area (Å²) in [4.78, 5) is 0. The second-order valence-electron chi connectivity index (χ2n) is 5.86. The summed E-state index contributed by atoms with van der Waals surface area (Å²) in [6, 6.07) is 13.9. The Morgan fingerprint density at radius 2 is 1.86 bits per heavy atom. The lowest BCUT2D eigenvalue weighted by atomic mass is 10.00. The number of furan rings is 1. The molecule has 3 aromatic rings. The molecular weight excluding hydrogens is 264 g/mol. The fraction of sp³-hybridized carbons (Fsp3) is 0.333. The van der Waals surface area contributed by atoms with E-state index in [0.29, 0.717) is 0 Å². The summed E-state index contributed by atoms with van der Waals surface area (Å²) < 4.78 is 11.6. The molecule has 2 aromatic carbocycles. The molecule has 1 N–H and O–H groups in total. The fourth-order valence-corrected chi connectivity index (χ4v) is 3.21. The largest absolute Gasteiger partial charge is 0.456 e. The number of fused-ring (bicyclic) bond motifs is 3. The van der Waals surface area contributed by atoms with E-state index in [9.17, 15) is 5.11 Å². The molecule has 3 nitrogen and oxygen atoms in total. The molecule has 1 fully saturated rings. The van der Waals surface area contributed by atoms with Gasteiger partial charge in [0.15, 0.2) is 0 Å². The highest BCUT2D eigenvalue weighted by Crippen LogP contribution is 2.34. The van der Waals surface area contributed by atoms with E-state index in [4.69, 9.17) is 9.15 Å². The molecule has 0 bridgehead atoms. The lowest BCUT2D eigenvalue weighted by Crippen LogP contribution is -2.18. The van der Waals surface area contributed by atoms with E-state index in [1.807, 2.05) is 42.5 Å². The lowest BCUT2D eigenvalue weighted by Gasteiger charge is -2.18. The zero-order chi connectivity index (χ0) is 14.4. The van der Waals surface area contributed by atoms with Crippen LogP contribution < -0.4 is 0 Å². The smallest absolute Gasteiger partial charge is 0.135 e. The van der Waals surface area contributed by atoms with E-state index in [2.05, 4.69) is 6.92 Å². The van der Waals surface area contributed by atoms with Crippen LogP contribution in [0.25, 0.3) is 21.9 Å². The number of hydrogen-bond donors (Lipinski definition) is 1. The summed E-state index contributed by atoms with van der Waals surface area (Å²) >= 11 is 0. The summed E-state index contributed by atoms with van der Waals surface area (Å²) in [6.45, 7) is 2.06.